The fourth-order valence-electron chi connectivity index (χ4n) is 3.39. The van der Waals surface area contributed by atoms with Gasteiger partial charge in [-0.25, -0.2) is 0 Å². The molecule has 0 heterocycles. The topological polar surface area (TPSA) is 35.5 Å². The number of hydrogen-bond donors (Lipinski definition) is 2. The van der Waals surface area contributed by atoms with Gasteiger partial charge in [0.1, 0.15) is 0 Å². The van der Waals surface area contributed by atoms with Crippen molar-refractivity contribution in [2.45, 2.75) is 83.7 Å². The molecule has 0 aromatic rings. The van der Waals surface area contributed by atoms with Gasteiger partial charge in [-0.05, 0) is 77.9 Å². The van der Waals surface area contributed by atoms with Crippen LogP contribution in [0.3, 0.4) is 0 Å². The molecule has 0 radical (unpaired) electrons. The van der Waals surface area contributed by atoms with Gasteiger partial charge in [-0.3, -0.25) is 0 Å². The zero-order valence-corrected chi connectivity index (χ0v) is 14.8. The van der Waals surface area contributed by atoms with Crippen LogP contribution in [0.5, 0.6) is 0 Å². The van der Waals surface area contributed by atoms with E-state index in [4.69, 9.17) is 0 Å². The molecule has 1 rings (SSSR count). The molecule has 0 amide bonds. The van der Waals surface area contributed by atoms with E-state index in [-0.39, 0.29) is 12.1 Å². The zero-order chi connectivity index (χ0) is 15.7. The highest BCUT2D eigenvalue weighted by Crippen LogP contribution is 2.26. The van der Waals surface area contributed by atoms with Gasteiger partial charge in [0, 0.05) is 11.6 Å². The van der Waals surface area contributed by atoms with Crippen molar-refractivity contribution in [3.8, 4) is 0 Å². The minimum atomic E-state index is -0.0884. The van der Waals surface area contributed by atoms with Crippen LogP contribution >= 0.6 is 0 Å². The molecule has 3 nitrogen and oxygen atoms in total. The summed E-state index contributed by atoms with van der Waals surface area (Å²) in [6, 6.07) is 0.809. The van der Waals surface area contributed by atoms with Crippen LogP contribution in [0.25, 0.3) is 0 Å². The van der Waals surface area contributed by atoms with Gasteiger partial charge in [-0.1, -0.05) is 20.3 Å². The number of rotatable bonds is 10. The quantitative estimate of drug-likeness (QED) is 0.607. The van der Waals surface area contributed by atoms with Gasteiger partial charge in [0.2, 0.25) is 0 Å². The molecule has 1 fully saturated rings. The molecular weight excluding hydrogens is 260 g/mol. The average molecular weight is 299 g/mol. The first-order valence-electron chi connectivity index (χ1n) is 9.07. The van der Waals surface area contributed by atoms with Gasteiger partial charge in [0.15, 0.2) is 0 Å². The van der Waals surface area contributed by atoms with E-state index in [1.54, 1.807) is 0 Å². The maximum absolute atomic E-state index is 9.58. The Hall–Kier alpha value is -0.120. The highest BCUT2D eigenvalue weighted by Gasteiger charge is 2.23. The van der Waals surface area contributed by atoms with E-state index in [9.17, 15) is 5.11 Å². The summed E-state index contributed by atoms with van der Waals surface area (Å²) in [5, 5.41) is 13.1. The van der Waals surface area contributed by atoms with Crippen LogP contribution in [0.15, 0.2) is 0 Å². The standard InChI is InChI=1S/C18H38N2O/c1-5-13-19-18(3,15-21)12-6-7-14-20(4)17-10-8-16(2)9-11-17/h16-17,19,21H,5-15H2,1-4H3. The molecule has 3 heteroatoms. The molecule has 0 spiro atoms. The minimum Gasteiger partial charge on any atom is -0.394 e. The van der Waals surface area contributed by atoms with Crippen molar-refractivity contribution < 1.29 is 5.11 Å². The van der Waals surface area contributed by atoms with Crippen molar-refractivity contribution in [3.63, 3.8) is 0 Å². The Morgan fingerprint density at radius 1 is 1.19 bits per heavy atom. The van der Waals surface area contributed by atoms with Crippen molar-refractivity contribution in [2.24, 2.45) is 5.92 Å². The minimum absolute atomic E-state index is 0.0884. The van der Waals surface area contributed by atoms with E-state index in [2.05, 4.69) is 38.0 Å². The molecule has 21 heavy (non-hydrogen) atoms. The maximum Gasteiger partial charge on any atom is 0.0610 e. The molecule has 1 saturated carbocycles. The number of hydrogen-bond acceptors (Lipinski definition) is 3. The largest absolute Gasteiger partial charge is 0.394 e. The first-order chi connectivity index (χ1) is 10.0. The molecule has 2 N–H and O–H groups in total. The first kappa shape index (κ1) is 18.9. The van der Waals surface area contributed by atoms with Crippen molar-refractivity contribution in [3.05, 3.63) is 0 Å². The van der Waals surface area contributed by atoms with E-state index >= 15 is 0 Å². The number of nitrogens with one attached hydrogen (secondary N) is 1. The summed E-state index contributed by atoms with van der Waals surface area (Å²) in [4.78, 5) is 2.57. The molecule has 0 aliphatic heterocycles. The molecule has 1 unspecified atom stereocenters. The van der Waals surface area contributed by atoms with Crippen LogP contribution in [0.4, 0.5) is 0 Å². The van der Waals surface area contributed by atoms with Crippen molar-refractivity contribution in [1.29, 1.82) is 0 Å². The Balaban J connectivity index is 2.17. The summed E-state index contributed by atoms with van der Waals surface area (Å²) in [7, 11) is 2.29. The number of unbranched alkanes of at least 4 members (excludes halogenated alkanes) is 1. The normalized spacial score (nSPS) is 26.0. The molecule has 1 aliphatic carbocycles. The Kier molecular flexibility index (Phi) is 8.84. The van der Waals surface area contributed by atoms with Crippen LogP contribution in [0, 0.1) is 5.92 Å². The van der Waals surface area contributed by atoms with Crippen LogP contribution < -0.4 is 5.32 Å². The molecule has 0 saturated heterocycles. The molecule has 126 valence electrons. The third-order valence-corrected chi connectivity index (χ3v) is 5.25. The second-order valence-electron chi connectivity index (χ2n) is 7.50. The summed E-state index contributed by atoms with van der Waals surface area (Å²) in [6.45, 7) is 9.14. The van der Waals surface area contributed by atoms with Gasteiger partial charge < -0.3 is 15.3 Å². The molecule has 0 aromatic heterocycles. The van der Waals surface area contributed by atoms with Crippen LogP contribution in [0.1, 0.15) is 72.1 Å². The Morgan fingerprint density at radius 2 is 1.86 bits per heavy atom. The average Bonchev–Trinajstić information content (AvgIpc) is 2.50. The Bertz CT molecular complexity index is 264. The highest BCUT2D eigenvalue weighted by molar-refractivity contribution is 4.82. The Labute approximate surface area is 132 Å². The summed E-state index contributed by atoms with van der Waals surface area (Å²) in [6.07, 6.45) is 10.2. The predicted octanol–water partition coefficient (Wildman–Crippen LogP) is 3.42. The van der Waals surface area contributed by atoms with Gasteiger partial charge in [-0.2, -0.15) is 0 Å². The third-order valence-electron chi connectivity index (χ3n) is 5.25. The fraction of sp³-hybridized carbons (Fsp3) is 1.00. The van der Waals surface area contributed by atoms with Crippen molar-refractivity contribution in [1.82, 2.24) is 10.2 Å². The molecule has 0 bridgehead atoms. The molecule has 0 aromatic carbocycles. The van der Waals surface area contributed by atoms with Gasteiger partial charge in [0.05, 0.1) is 6.61 Å². The van der Waals surface area contributed by atoms with Crippen molar-refractivity contribution in [2.75, 3.05) is 26.7 Å². The van der Waals surface area contributed by atoms with Crippen molar-refractivity contribution >= 4 is 0 Å². The fourth-order valence-corrected chi connectivity index (χ4v) is 3.39. The molecule has 1 aliphatic rings. The van der Waals surface area contributed by atoms with Gasteiger partial charge in [-0.15, -0.1) is 0 Å². The summed E-state index contributed by atoms with van der Waals surface area (Å²) < 4.78 is 0. The maximum atomic E-state index is 9.58. The van der Waals surface area contributed by atoms with E-state index in [1.807, 2.05) is 0 Å². The predicted molar refractivity (Wildman–Crippen MR) is 91.7 cm³/mol. The molecular formula is C18H38N2O. The van der Waals surface area contributed by atoms with E-state index < -0.39 is 0 Å². The summed E-state index contributed by atoms with van der Waals surface area (Å²) >= 11 is 0. The van der Waals surface area contributed by atoms with Crippen LogP contribution in [-0.2, 0) is 0 Å². The van der Waals surface area contributed by atoms with Gasteiger partial charge in [0.25, 0.3) is 0 Å². The lowest BCUT2D eigenvalue weighted by Crippen LogP contribution is -2.46. The smallest absolute Gasteiger partial charge is 0.0610 e. The second-order valence-corrected chi connectivity index (χ2v) is 7.50. The number of aliphatic hydroxyl groups is 1. The van der Waals surface area contributed by atoms with E-state index in [1.165, 1.54) is 45.1 Å². The third kappa shape index (κ3) is 7.12. The summed E-state index contributed by atoms with van der Waals surface area (Å²) in [5.74, 6) is 0.935. The van der Waals surface area contributed by atoms with Crippen LogP contribution in [0.2, 0.25) is 0 Å². The monoisotopic (exact) mass is 298 g/mol. The second kappa shape index (κ2) is 9.81. The zero-order valence-electron chi connectivity index (χ0n) is 14.8. The van der Waals surface area contributed by atoms with Crippen LogP contribution in [-0.4, -0.2) is 48.3 Å². The highest BCUT2D eigenvalue weighted by atomic mass is 16.3. The lowest BCUT2D eigenvalue weighted by molar-refractivity contribution is 0.151. The lowest BCUT2D eigenvalue weighted by Gasteiger charge is -2.34. The molecule has 1 atom stereocenters. The lowest BCUT2D eigenvalue weighted by atomic mass is 9.86. The van der Waals surface area contributed by atoms with E-state index in [0.29, 0.717) is 0 Å². The van der Waals surface area contributed by atoms with E-state index in [0.717, 1.165) is 31.3 Å². The number of aliphatic hydroxyl groups excluding tert-OH is 1. The Morgan fingerprint density at radius 3 is 2.43 bits per heavy atom. The first-order valence-corrected chi connectivity index (χ1v) is 9.07. The SMILES string of the molecule is CCCNC(C)(CO)CCCCN(C)C1CCC(C)CC1. The summed E-state index contributed by atoms with van der Waals surface area (Å²) in [5.41, 5.74) is -0.0884. The van der Waals surface area contributed by atoms with Gasteiger partial charge >= 0.3 is 0 Å². The number of nitrogens with zero attached hydrogens (tertiary/aromatic N) is 1.